The van der Waals surface area contributed by atoms with E-state index in [1.165, 1.54) is 51.4 Å². The number of nitrogens with two attached hydrogens (primary N) is 2. The van der Waals surface area contributed by atoms with Crippen molar-refractivity contribution in [1.29, 1.82) is 0 Å². The molecule has 0 bridgehead atoms. The highest BCUT2D eigenvalue weighted by Crippen LogP contribution is 2.07. The molecule has 4 N–H and O–H groups in total. The molecule has 0 atom stereocenters. The van der Waals surface area contributed by atoms with E-state index in [-0.39, 0.29) is 0 Å². The first-order valence-electron chi connectivity index (χ1n) is 6.31. The van der Waals surface area contributed by atoms with Crippen LogP contribution in [0.4, 0.5) is 0 Å². The van der Waals surface area contributed by atoms with Gasteiger partial charge in [-0.2, -0.15) is 0 Å². The minimum atomic E-state index is -0.481. The Balaban J connectivity index is 0. The second kappa shape index (κ2) is 16.6. The Labute approximate surface area is 100 Å². The van der Waals surface area contributed by atoms with E-state index in [1.54, 1.807) is 0 Å². The lowest BCUT2D eigenvalue weighted by Crippen LogP contribution is -2.04. The number of amides is 1. The maximum atomic E-state index is 9.47. The first kappa shape index (κ1) is 17.6. The number of unbranched alkanes of at least 4 members (excludes halogenated alkanes) is 7. The van der Waals surface area contributed by atoms with Gasteiger partial charge in [0.25, 0.3) is 0 Å². The normalized spacial score (nSPS) is 9.12. The zero-order valence-electron chi connectivity index (χ0n) is 10.7. The molecule has 0 aromatic heterocycles. The minimum absolute atomic E-state index is 0.481. The Morgan fingerprint density at radius 3 is 1.75 bits per heavy atom. The fourth-order valence-corrected chi connectivity index (χ4v) is 1.28. The Kier molecular flexibility index (Phi) is 18.2. The van der Waals surface area contributed by atoms with Gasteiger partial charge in [0, 0.05) is 0 Å². The SMILES string of the molecule is C=CC(N)=O.CCCCCCCCCCN. The summed E-state index contributed by atoms with van der Waals surface area (Å²) in [4.78, 5) is 9.47. The summed E-state index contributed by atoms with van der Waals surface area (Å²) in [5.41, 5.74) is 9.93. The van der Waals surface area contributed by atoms with Gasteiger partial charge in [-0.3, -0.25) is 4.79 Å². The average Bonchev–Trinajstić information content (AvgIpc) is 2.29. The number of hydrogen-bond acceptors (Lipinski definition) is 2. The van der Waals surface area contributed by atoms with E-state index in [2.05, 4.69) is 19.2 Å². The van der Waals surface area contributed by atoms with Crippen molar-refractivity contribution in [1.82, 2.24) is 0 Å². The summed E-state index contributed by atoms with van der Waals surface area (Å²) in [6.07, 6.45) is 12.0. The Morgan fingerprint density at radius 1 is 1.06 bits per heavy atom. The van der Waals surface area contributed by atoms with Crippen LogP contribution in [0.5, 0.6) is 0 Å². The first-order chi connectivity index (χ1) is 7.68. The van der Waals surface area contributed by atoms with Crippen molar-refractivity contribution in [2.75, 3.05) is 6.54 Å². The van der Waals surface area contributed by atoms with Gasteiger partial charge in [-0.1, -0.05) is 58.4 Å². The summed E-state index contributed by atoms with van der Waals surface area (Å²) in [7, 11) is 0. The van der Waals surface area contributed by atoms with Gasteiger partial charge in [0.05, 0.1) is 0 Å². The minimum Gasteiger partial charge on any atom is -0.366 e. The molecule has 0 saturated carbocycles. The summed E-state index contributed by atoms with van der Waals surface area (Å²) in [5.74, 6) is -0.481. The lowest BCUT2D eigenvalue weighted by molar-refractivity contribution is -0.113. The smallest absolute Gasteiger partial charge is 0.240 e. The zero-order chi connectivity index (χ0) is 12.6. The van der Waals surface area contributed by atoms with Crippen molar-refractivity contribution in [2.24, 2.45) is 11.5 Å². The predicted molar refractivity (Wildman–Crippen MR) is 71.1 cm³/mol. The highest BCUT2D eigenvalue weighted by Gasteiger charge is 1.89. The second-order valence-corrected chi connectivity index (χ2v) is 3.87. The standard InChI is InChI=1S/C10H23N.C3H5NO/c1-2-3-4-5-6-7-8-9-10-11;1-2-3(4)5/h2-11H2,1H3;2H,1H2,(H2,4,5). The highest BCUT2D eigenvalue weighted by atomic mass is 16.1. The van der Waals surface area contributed by atoms with Crippen molar-refractivity contribution in [2.45, 2.75) is 58.3 Å². The summed E-state index contributed by atoms with van der Waals surface area (Å²) in [6, 6.07) is 0. The fraction of sp³-hybridized carbons (Fsp3) is 0.769. The van der Waals surface area contributed by atoms with Crippen molar-refractivity contribution >= 4 is 5.91 Å². The third-order valence-electron chi connectivity index (χ3n) is 2.26. The van der Waals surface area contributed by atoms with Crippen LogP contribution in [0.3, 0.4) is 0 Å². The predicted octanol–water partition coefficient (Wildman–Crippen LogP) is 2.74. The average molecular weight is 228 g/mol. The van der Waals surface area contributed by atoms with Crippen LogP contribution in [0.1, 0.15) is 58.3 Å². The second-order valence-electron chi connectivity index (χ2n) is 3.87. The summed E-state index contributed by atoms with van der Waals surface area (Å²) >= 11 is 0. The molecule has 96 valence electrons. The topological polar surface area (TPSA) is 69.1 Å². The molecule has 0 saturated heterocycles. The molecule has 0 rings (SSSR count). The molecule has 0 aromatic carbocycles. The molecular weight excluding hydrogens is 200 g/mol. The van der Waals surface area contributed by atoms with E-state index in [0.717, 1.165) is 12.6 Å². The fourth-order valence-electron chi connectivity index (χ4n) is 1.28. The van der Waals surface area contributed by atoms with Crippen LogP contribution in [-0.4, -0.2) is 12.5 Å². The van der Waals surface area contributed by atoms with Gasteiger partial charge in [0.15, 0.2) is 0 Å². The molecule has 0 heterocycles. The van der Waals surface area contributed by atoms with Crippen LogP contribution < -0.4 is 11.5 Å². The van der Waals surface area contributed by atoms with Crippen LogP contribution in [0.15, 0.2) is 12.7 Å². The van der Waals surface area contributed by atoms with E-state index in [9.17, 15) is 4.79 Å². The quantitative estimate of drug-likeness (QED) is 0.470. The van der Waals surface area contributed by atoms with E-state index >= 15 is 0 Å². The van der Waals surface area contributed by atoms with Crippen molar-refractivity contribution in [3.05, 3.63) is 12.7 Å². The molecule has 1 amide bonds. The molecule has 0 aliphatic carbocycles. The number of carbonyl (C=O) groups excluding carboxylic acids is 1. The van der Waals surface area contributed by atoms with Crippen molar-refractivity contribution in [3.8, 4) is 0 Å². The van der Waals surface area contributed by atoms with E-state index in [1.807, 2.05) is 0 Å². The molecular formula is C13H28N2O. The van der Waals surface area contributed by atoms with Gasteiger partial charge in [-0.05, 0) is 19.0 Å². The number of rotatable bonds is 9. The number of primary amides is 1. The molecule has 0 aliphatic rings. The van der Waals surface area contributed by atoms with Crippen LogP contribution in [0.2, 0.25) is 0 Å². The zero-order valence-corrected chi connectivity index (χ0v) is 10.7. The maximum absolute atomic E-state index is 9.47. The van der Waals surface area contributed by atoms with Gasteiger partial charge in [0.1, 0.15) is 0 Å². The van der Waals surface area contributed by atoms with E-state index in [4.69, 9.17) is 5.73 Å². The van der Waals surface area contributed by atoms with E-state index < -0.39 is 5.91 Å². The molecule has 0 radical (unpaired) electrons. The third kappa shape index (κ3) is 23.2. The van der Waals surface area contributed by atoms with Gasteiger partial charge in [-0.25, -0.2) is 0 Å². The molecule has 3 nitrogen and oxygen atoms in total. The van der Waals surface area contributed by atoms with Crippen LogP contribution >= 0.6 is 0 Å². The van der Waals surface area contributed by atoms with Gasteiger partial charge < -0.3 is 11.5 Å². The monoisotopic (exact) mass is 228 g/mol. The van der Waals surface area contributed by atoms with Gasteiger partial charge in [-0.15, -0.1) is 0 Å². The van der Waals surface area contributed by atoms with Gasteiger partial charge in [0.2, 0.25) is 5.91 Å². The Hall–Kier alpha value is -0.830. The molecule has 3 heteroatoms. The van der Waals surface area contributed by atoms with Crippen LogP contribution in [-0.2, 0) is 4.79 Å². The summed E-state index contributed by atoms with van der Waals surface area (Å²) in [6.45, 7) is 6.21. The third-order valence-corrected chi connectivity index (χ3v) is 2.26. The number of carbonyl (C=O) groups is 1. The van der Waals surface area contributed by atoms with Crippen molar-refractivity contribution in [3.63, 3.8) is 0 Å². The van der Waals surface area contributed by atoms with Crippen LogP contribution in [0.25, 0.3) is 0 Å². The lowest BCUT2D eigenvalue weighted by Gasteiger charge is -1.99. The largest absolute Gasteiger partial charge is 0.366 e. The molecule has 0 spiro atoms. The number of hydrogen-bond donors (Lipinski definition) is 2. The summed E-state index contributed by atoms with van der Waals surface area (Å²) in [5, 5.41) is 0. The van der Waals surface area contributed by atoms with Crippen molar-refractivity contribution < 1.29 is 4.79 Å². The molecule has 0 fully saturated rings. The lowest BCUT2D eigenvalue weighted by atomic mass is 10.1. The molecule has 0 aromatic rings. The molecule has 16 heavy (non-hydrogen) atoms. The first-order valence-corrected chi connectivity index (χ1v) is 6.31. The van der Waals surface area contributed by atoms with Crippen LogP contribution in [0, 0.1) is 0 Å². The maximum Gasteiger partial charge on any atom is 0.240 e. The molecule has 0 unspecified atom stereocenters. The van der Waals surface area contributed by atoms with Gasteiger partial charge >= 0.3 is 0 Å². The highest BCUT2D eigenvalue weighted by molar-refractivity contribution is 5.84. The van der Waals surface area contributed by atoms with E-state index in [0.29, 0.717) is 0 Å². The Morgan fingerprint density at radius 2 is 1.44 bits per heavy atom. The summed E-state index contributed by atoms with van der Waals surface area (Å²) < 4.78 is 0. The Bertz CT molecular complexity index is 150. The molecule has 0 aliphatic heterocycles.